The lowest BCUT2D eigenvalue weighted by Crippen LogP contribution is -2.44. The molecule has 5 rings (SSSR count). The van der Waals surface area contributed by atoms with Crippen LogP contribution in [0.4, 0.5) is 0 Å². The summed E-state index contributed by atoms with van der Waals surface area (Å²) in [5, 5.41) is 3.30. The number of rotatable bonds is 6. The fraction of sp³-hybridized carbons (Fsp3) is 0.850. The molecule has 2 aliphatic heterocycles. The minimum atomic E-state index is -0.370. The summed E-state index contributed by atoms with van der Waals surface area (Å²) in [5.41, 5.74) is 0. The van der Waals surface area contributed by atoms with E-state index in [1.165, 1.54) is 10.1 Å². The highest BCUT2D eigenvalue weighted by Gasteiger charge is 2.70. The topological polar surface area (TPSA) is 73.9 Å². The second-order valence-corrected chi connectivity index (χ2v) is 11.7. The fourth-order valence-electron chi connectivity index (χ4n) is 5.64. The van der Waals surface area contributed by atoms with Crippen LogP contribution in [0, 0.1) is 23.7 Å². The molecule has 3 saturated carbocycles. The molecule has 0 spiro atoms. The van der Waals surface area contributed by atoms with Gasteiger partial charge in [0.05, 0.1) is 19.5 Å². The Bertz CT molecular complexity index is 675. The van der Waals surface area contributed by atoms with E-state index in [0.29, 0.717) is 9.97 Å². The smallest absolute Gasteiger partial charge is 0.310 e. The van der Waals surface area contributed by atoms with Gasteiger partial charge in [-0.1, -0.05) is 27.2 Å². The molecule has 8 atom stereocenters. The van der Waals surface area contributed by atoms with Gasteiger partial charge in [0.2, 0.25) is 0 Å². The molecule has 0 aromatic rings. The maximum Gasteiger partial charge on any atom is 0.310 e. The Morgan fingerprint density at radius 2 is 2.04 bits per heavy atom. The number of nitrogens with one attached hydrogen (secondary N) is 1. The van der Waals surface area contributed by atoms with Crippen molar-refractivity contribution in [1.82, 2.24) is 5.32 Å². The Morgan fingerprint density at radius 1 is 1.26 bits per heavy atom. The first-order chi connectivity index (χ1) is 13.1. The molecule has 5 aliphatic rings. The summed E-state index contributed by atoms with van der Waals surface area (Å²) >= 11 is -0.0586. The number of carbonyl (C=O) groups excluding carboxylic acids is 2. The van der Waals surface area contributed by atoms with E-state index in [2.05, 4.69) is 12.2 Å². The van der Waals surface area contributed by atoms with Crippen LogP contribution in [0.15, 0.2) is 0 Å². The van der Waals surface area contributed by atoms with Gasteiger partial charge in [-0.2, -0.15) is 0 Å². The monoisotopic (exact) mass is 489 g/mol. The van der Waals surface area contributed by atoms with E-state index in [0.717, 1.165) is 32.1 Å². The van der Waals surface area contributed by atoms with E-state index < -0.39 is 0 Å². The highest BCUT2D eigenvalue weighted by atomic mass is 127. The van der Waals surface area contributed by atoms with Crippen LogP contribution in [0.1, 0.15) is 45.4 Å². The van der Waals surface area contributed by atoms with Gasteiger partial charge in [0, 0.05) is 17.9 Å². The first kappa shape index (κ1) is 18.5. The lowest BCUT2D eigenvalue weighted by atomic mass is 9.78. The van der Waals surface area contributed by atoms with Gasteiger partial charge < -0.3 is 19.5 Å². The average molecular weight is 489 g/mol. The summed E-state index contributed by atoms with van der Waals surface area (Å²) < 4.78 is 19.7. The van der Waals surface area contributed by atoms with E-state index in [1.54, 1.807) is 0 Å². The predicted molar refractivity (Wildman–Crippen MR) is 108 cm³/mol. The van der Waals surface area contributed by atoms with E-state index >= 15 is 0 Å². The van der Waals surface area contributed by atoms with Crippen molar-refractivity contribution in [2.45, 2.75) is 73.7 Å². The third-order valence-corrected chi connectivity index (χ3v) is 10.4. The summed E-state index contributed by atoms with van der Waals surface area (Å²) in [6.07, 6.45) is 5.96. The molecule has 0 aromatic carbocycles. The number of alkyl halides is 1. The second kappa shape index (κ2) is 7.06. The number of carbonyl (C=O) groups is 2. The molecule has 8 unspecified atom stereocenters. The molecule has 27 heavy (non-hydrogen) atoms. The first-order valence-electron chi connectivity index (χ1n) is 10.3. The summed E-state index contributed by atoms with van der Waals surface area (Å²) in [4.78, 5) is 25.5. The molecule has 0 radical (unpaired) electrons. The van der Waals surface area contributed by atoms with Gasteiger partial charge in [-0.05, 0) is 46.1 Å². The predicted octanol–water partition coefficient (Wildman–Crippen LogP) is 2.15. The Hall–Kier alpha value is -0.540. The van der Waals surface area contributed by atoms with Crippen molar-refractivity contribution in [3.8, 4) is 0 Å². The standard InChI is InChI=1S/C20H28INO5/c1-9(22-2)15-18(21-15)26-16-11-8-12-14(20(24)27-17(12)16)13(11)19(23)25-10-6-4-3-5-7-10/h9-17,22H,3-8H2,1-2H3. The molecule has 7 heteroatoms. The van der Waals surface area contributed by atoms with Gasteiger partial charge in [0.1, 0.15) is 18.3 Å². The normalized spacial score (nSPS) is 43.7. The van der Waals surface area contributed by atoms with Crippen molar-refractivity contribution in [2.24, 2.45) is 23.7 Å². The molecular weight excluding hydrogens is 461 g/mol. The van der Waals surface area contributed by atoms with Crippen molar-refractivity contribution >= 4 is 36.4 Å². The zero-order chi connectivity index (χ0) is 18.7. The van der Waals surface area contributed by atoms with Gasteiger partial charge in [-0.25, -0.2) is 0 Å². The van der Waals surface area contributed by atoms with Crippen molar-refractivity contribution in [1.29, 1.82) is 0 Å². The van der Waals surface area contributed by atoms with Crippen LogP contribution in [-0.4, -0.2) is 51.0 Å². The average Bonchev–Trinajstić information content (AvgIpc) is 3.10. The summed E-state index contributed by atoms with van der Waals surface area (Å²) in [6, 6.07) is 0.428. The molecule has 0 aromatic heterocycles. The summed E-state index contributed by atoms with van der Waals surface area (Å²) in [5.74, 6) is -0.863. The Kier molecular flexibility index (Phi) is 4.83. The third kappa shape index (κ3) is 3.08. The van der Waals surface area contributed by atoms with E-state index in [1.807, 2.05) is 7.05 Å². The highest BCUT2D eigenvalue weighted by molar-refractivity contribution is 14.2. The molecule has 2 heterocycles. The van der Waals surface area contributed by atoms with Crippen LogP contribution in [0.25, 0.3) is 0 Å². The van der Waals surface area contributed by atoms with Gasteiger partial charge >= 0.3 is 11.9 Å². The number of halogens is 1. The Morgan fingerprint density at radius 3 is 2.78 bits per heavy atom. The molecule has 4 fully saturated rings. The number of fused-ring (bicyclic) bond motifs is 1. The number of ether oxygens (including phenoxy) is 3. The van der Waals surface area contributed by atoms with Crippen LogP contribution < -0.4 is 5.32 Å². The number of hydrogen-bond acceptors (Lipinski definition) is 6. The molecule has 150 valence electrons. The number of esters is 2. The minimum absolute atomic E-state index is 0.0301. The molecule has 0 amide bonds. The molecule has 1 saturated heterocycles. The molecule has 6 nitrogen and oxygen atoms in total. The zero-order valence-electron chi connectivity index (χ0n) is 15.9. The SMILES string of the molecule is CNC(C)C1I=C1OC1C2CC3C1OC(=O)C3C2C(=O)OC1CCCCC1. The van der Waals surface area contributed by atoms with E-state index in [-0.39, 0.29) is 74.7 Å². The maximum absolute atomic E-state index is 13.0. The maximum atomic E-state index is 13.0. The van der Waals surface area contributed by atoms with Crippen LogP contribution >= 0.6 is 20.7 Å². The van der Waals surface area contributed by atoms with Gasteiger partial charge in [-0.15, -0.1) is 0 Å². The van der Waals surface area contributed by atoms with E-state index in [9.17, 15) is 9.59 Å². The van der Waals surface area contributed by atoms with Crippen LogP contribution in [0.5, 0.6) is 0 Å². The van der Waals surface area contributed by atoms with Gasteiger partial charge in [0.25, 0.3) is 0 Å². The van der Waals surface area contributed by atoms with E-state index in [4.69, 9.17) is 14.2 Å². The molecule has 1 N–H and O–H groups in total. The van der Waals surface area contributed by atoms with Crippen molar-refractivity contribution < 1.29 is 23.8 Å². The summed E-state index contributed by atoms with van der Waals surface area (Å²) in [6.45, 7) is 2.18. The zero-order valence-corrected chi connectivity index (χ0v) is 18.0. The van der Waals surface area contributed by atoms with Gasteiger partial charge in [0.15, 0.2) is 0 Å². The largest absolute Gasteiger partial charge is 0.462 e. The van der Waals surface area contributed by atoms with Crippen LogP contribution in [0.2, 0.25) is 0 Å². The van der Waals surface area contributed by atoms with Crippen molar-refractivity contribution in [3.05, 3.63) is 0 Å². The number of hydrogen-bond donors (Lipinski definition) is 1. The van der Waals surface area contributed by atoms with Crippen LogP contribution in [-0.2, 0) is 23.8 Å². The Balaban J connectivity index is 1.29. The second-order valence-electron chi connectivity index (χ2n) is 8.69. The first-order valence-corrected chi connectivity index (χ1v) is 12.7. The third-order valence-electron chi connectivity index (χ3n) is 7.19. The van der Waals surface area contributed by atoms with Crippen LogP contribution in [0.3, 0.4) is 0 Å². The highest BCUT2D eigenvalue weighted by Crippen LogP contribution is 2.59. The molecular formula is C20H28INO5. The van der Waals surface area contributed by atoms with Crippen molar-refractivity contribution in [2.75, 3.05) is 7.05 Å². The Labute approximate surface area is 169 Å². The quantitative estimate of drug-likeness (QED) is 0.350. The molecule has 2 bridgehead atoms. The minimum Gasteiger partial charge on any atom is -0.462 e. The van der Waals surface area contributed by atoms with Crippen molar-refractivity contribution in [3.63, 3.8) is 0 Å². The fourth-order valence-corrected chi connectivity index (χ4v) is 8.14. The molecule has 3 aliphatic carbocycles. The lowest BCUT2D eigenvalue weighted by Gasteiger charge is -2.31. The lowest BCUT2D eigenvalue weighted by molar-refractivity contribution is -0.162. The summed E-state index contributed by atoms with van der Waals surface area (Å²) in [7, 11) is 1.97. The van der Waals surface area contributed by atoms with Gasteiger partial charge in [-0.3, -0.25) is 9.59 Å².